The molecule has 3 heteroatoms. The third kappa shape index (κ3) is 3.00. The highest BCUT2D eigenvalue weighted by Crippen LogP contribution is 2.44. The van der Waals surface area contributed by atoms with Gasteiger partial charge < -0.3 is 0 Å². The Balaban J connectivity index is 1.62. The van der Waals surface area contributed by atoms with Crippen molar-refractivity contribution in [2.75, 3.05) is 20.6 Å². The third-order valence-electron chi connectivity index (χ3n) is 6.42. The molecule has 1 aromatic heterocycles. The zero-order chi connectivity index (χ0) is 17.4. The fourth-order valence-corrected chi connectivity index (χ4v) is 4.99. The first kappa shape index (κ1) is 16.7. The van der Waals surface area contributed by atoms with Crippen molar-refractivity contribution in [2.24, 2.45) is 0 Å². The van der Waals surface area contributed by atoms with E-state index in [-0.39, 0.29) is 0 Å². The molecular formula is C22H29N3. The van der Waals surface area contributed by atoms with Crippen molar-refractivity contribution < 1.29 is 0 Å². The van der Waals surface area contributed by atoms with E-state index in [2.05, 4.69) is 66.1 Å². The summed E-state index contributed by atoms with van der Waals surface area (Å²) in [5, 5.41) is 0. The molecule has 0 radical (unpaired) electrons. The molecule has 2 saturated heterocycles. The highest BCUT2D eigenvalue weighted by molar-refractivity contribution is 5.39. The number of benzene rings is 1. The van der Waals surface area contributed by atoms with E-state index >= 15 is 0 Å². The normalized spacial score (nSPS) is 27.9. The molecule has 3 atom stereocenters. The first-order valence-corrected chi connectivity index (χ1v) is 9.58. The standard InChI is InChI=1S/C22H29N3/c1-16-18(21-10-6-14-24(21)2)8-4-9-19(16)22-12-11-20(25(22)3)17-7-5-13-23-15-17/h4-5,7-9,13,15,20-22H,6,10-12,14H2,1-3H3. The van der Waals surface area contributed by atoms with Gasteiger partial charge in [0.2, 0.25) is 0 Å². The molecule has 2 fully saturated rings. The smallest absolute Gasteiger partial charge is 0.0367 e. The van der Waals surface area contributed by atoms with E-state index in [1.54, 1.807) is 0 Å². The van der Waals surface area contributed by atoms with Crippen molar-refractivity contribution in [2.45, 2.75) is 50.7 Å². The highest BCUT2D eigenvalue weighted by Gasteiger charge is 2.34. The Bertz CT molecular complexity index is 727. The van der Waals surface area contributed by atoms with Gasteiger partial charge in [-0.3, -0.25) is 14.8 Å². The minimum atomic E-state index is 0.482. The number of nitrogens with zero attached hydrogens (tertiary/aromatic N) is 3. The van der Waals surface area contributed by atoms with Crippen LogP contribution in [0.15, 0.2) is 42.7 Å². The van der Waals surface area contributed by atoms with E-state index in [4.69, 9.17) is 0 Å². The van der Waals surface area contributed by atoms with Gasteiger partial charge >= 0.3 is 0 Å². The molecule has 0 N–H and O–H groups in total. The molecule has 25 heavy (non-hydrogen) atoms. The second-order valence-corrected chi connectivity index (χ2v) is 7.76. The summed E-state index contributed by atoms with van der Waals surface area (Å²) in [7, 11) is 4.55. The van der Waals surface area contributed by atoms with Crippen molar-refractivity contribution >= 4 is 0 Å². The van der Waals surface area contributed by atoms with Crippen LogP contribution >= 0.6 is 0 Å². The number of pyridine rings is 1. The second kappa shape index (κ2) is 6.89. The van der Waals surface area contributed by atoms with Crippen molar-refractivity contribution in [3.8, 4) is 0 Å². The Kier molecular flexibility index (Phi) is 4.61. The lowest BCUT2D eigenvalue weighted by atomic mass is 9.91. The number of hydrogen-bond donors (Lipinski definition) is 0. The van der Waals surface area contributed by atoms with E-state index in [1.165, 1.54) is 54.5 Å². The van der Waals surface area contributed by atoms with Crippen LogP contribution in [-0.2, 0) is 0 Å². The van der Waals surface area contributed by atoms with Crippen LogP contribution in [0, 0.1) is 6.92 Å². The van der Waals surface area contributed by atoms with Crippen LogP contribution in [0.4, 0.5) is 0 Å². The number of aromatic nitrogens is 1. The summed E-state index contributed by atoms with van der Waals surface area (Å²) in [4.78, 5) is 9.40. The van der Waals surface area contributed by atoms with E-state index in [9.17, 15) is 0 Å². The fraction of sp³-hybridized carbons (Fsp3) is 0.500. The predicted molar refractivity (Wildman–Crippen MR) is 103 cm³/mol. The molecule has 0 aliphatic carbocycles. The summed E-state index contributed by atoms with van der Waals surface area (Å²) < 4.78 is 0. The summed E-state index contributed by atoms with van der Waals surface area (Å²) in [6, 6.07) is 12.8. The van der Waals surface area contributed by atoms with Crippen LogP contribution in [-0.4, -0.2) is 35.4 Å². The zero-order valence-electron chi connectivity index (χ0n) is 15.7. The van der Waals surface area contributed by atoms with E-state index < -0.39 is 0 Å². The maximum atomic E-state index is 4.32. The zero-order valence-corrected chi connectivity index (χ0v) is 15.7. The molecule has 2 aromatic rings. The Morgan fingerprint density at radius 3 is 2.36 bits per heavy atom. The van der Waals surface area contributed by atoms with Gasteiger partial charge in [0.05, 0.1) is 0 Å². The van der Waals surface area contributed by atoms with Gasteiger partial charge in [-0.05, 0) is 81.6 Å². The summed E-state index contributed by atoms with van der Waals surface area (Å²) >= 11 is 0. The van der Waals surface area contributed by atoms with Gasteiger partial charge in [0.25, 0.3) is 0 Å². The van der Waals surface area contributed by atoms with Crippen molar-refractivity contribution in [3.05, 3.63) is 65.0 Å². The predicted octanol–water partition coefficient (Wildman–Crippen LogP) is 4.66. The summed E-state index contributed by atoms with van der Waals surface area (Å²) in [6.07, 6.45) is 8.93. The molecule has 0 amide bonds. The largest absolute Gasteiger partial charge is 0.299 e. The van der Waals surface area contributed by atoms with Crippen LogP contribution in [0.5, 0.6) is 0 Å². The van der Waals surface area contributed by atoms with Crippen LogP contribution in [0.3, 0.4) is 0 Å². The van der Waals surface area contributed by atoms with Crippen LogP contribution in [0.2, 0.25) is 0 Å². The van der Waals surface area contributed by atoms with Gasteiger partial charge in [0, 0.05) is 30.5 Å². The lowest BCUT2D eigenvalue weighted by molar-refractivity contribution is 0.244. The minimum absolute atomic E-state index is 0.482. The lowest BCUT2D eigenvalue weighted by Crippen LogP contribution is -2.23. The maximum Gasteiger partial charge on any atom is 0.0367 e. The monoisotopic (exact) mass is 335 g/mol. The number of hydrogen-bond acceptors (Lipinski definition) is 3. The third-order valence-corrected chi connectivity index (χ3v) is 6.42. The molecule has 0 spiro atoms. The molecule has 132 valence electrons. The van der Waals surface area contributed by atoms with Crippen LogP contribution < -0.4 is 0 Å². The van der Waals surface area contributed by atoms with Crippen LogP contribution in [0.1, 0.15) is 66.1 Å². The molecular weight excluding hydrogens is 306 g/mol. The Hall–Kier alpha value is -1.71. The van der Waals surface area contributed by atoms with Crippen molar-refractivity contribution in [1.29, 1.82) is 0 Å². The fourth-order valence-electron chi connectivity index (χ4n) is 4.99. The minimum Gasteiger partial charge on any atom is -0.299 e. The summed E-state index contributed by atoms with van der Waals surface area (Å²) in [5.74, 6) is 0. The molecule has 1 aromatic carbocycles. The van der Waals surface area contributed by atoms with Gasteiger partial charge in [-0.25, -0.2) is 0 Å². The average molecular weight is 335 g/mol. The Labute approximate surface area is 151 Å². The van der Waals surface area contributed by atoms with E-state index in [1.807, 2.05) is 12.4 Å². The first-order chi connectivity index (χ1) is 12.2. The average Bonchev–Trinajstić information content (AvgIpc) is 3.22. The molecule has 3 heterocycles. The van der Waals surface area contributed by atoms with Gasteiger partial charge in [0.15, 0.2) is 0 Å². The Morgan fingerprint density at radius 2 is 1.68 bits per heavy atom. The van der Waals surface area contributed by atoms with E-state index in [0.717, 1.165) is 0 Å². The van der Waals surface area contributed by atoms with Gasteiger partial charge in [-0.1, -0.05) is 24.3 Å². The molecule has 0 bridgehead atoms. The second-order valence-electron chi connectivity index (χ2n) is 7.76. The molecule has 4 rings (SSSR count). The molecule has 3 nitrogen and oxygen atoms in total. The van der Waals surface area contributed by atoms with Gasteiger partial charge in [-0.2, -0.15) is 0 Å². The highest BCUT2D eigenvalue weighted by atomic mass is 15.2. The topological polar surface area (TPSA) is 19.4 Å². The number of likely N-dealkylation sites (tertiary alicyclic amines) is 2. The quantitative estimate of drug-likeness (QED) is 0.813. The molecule has 2 aliphatic heterocycles. The van der Waals surface area contributed by atoms with E-state index in [0.29, 0.717) is 18.1 Å². The van der Waals surface area contributed by atoms with Gasteiger partial charge in [-0.15, -0.1) is 0 Å². The summed E-state index contributed by atoms with van der Waals surface area (Å²) in [6.45, 7) is 3.56. The Morgan fingerprint density at radius 1 is 0.920 bits per heavy atom. The lowest BCUT2D eigenvalue weighted by Gasteiger charge is -2.29. The molecule has 0 saturated carbocycles. The molecule has 3 unspecified atom stereocenters. The van der Waals surface area contributed by atoms with Gasteiger partial charge in [0.1, 0.15) is 0 Å². The van der Waals surface area contributed by atoms with Crippen molar-refractivity contribution in [3.63, 3.8) is 0 Å². The molecule has 2 aliphatic rings. The maximum absolute atomic E-state index is 4.32. The van der Waals surface area contributed by atoms with Crippen molar-refractivity contribution in [1.82, 2.24) is 14.8 Å². The first-order valence-electron chi connectivity index (χ1n) is 9.58. The SMILES string of the molecule is Cc1c(C2CCCN2C)cccc1C1CCC(c2cccnc2)N1C. The number of rotatable bonds is 3. The summed E-state index contributed by atoms with van der Waals surface area (Å²) in [5.41, 5.74) is 5.91. The van der Waals surface area contributed by atoms with Crippen LogP contribution in [0.25, 0.3) is 0 Å².